The summed E-state index contributed by atoms with van der Waals surface area (Å²) in [7, 11) is -3.29. The maximum Gasteiger partial charge on any atom is 0.219 e. The summed E-state index contributed by atoms with van der Waals surface area (Å²) in [4.78, 5) is 10.6. The second-order valence-electron chi connectivity index (χ2n) is 3.95. The molecule has 0 heterocycles. The Morgan fingerprint density at radius 3 is 2.29 bits per heavy atom. The lowest BCUT2D eigenvalue weighted by Crippen LogP contribution is -2.46. The van der Waals surface area contributed by atoms with E-state index in [0.717, 1.165) is 0 Å². The summed E-state index contributed by atoms with van der Waals surface area (Å²) in [5.74, 6) is -0.455. The first-order valence-corrected chi connectivity index (χ1v) is 6.14. The van der Waals surface area contributed by atoms with Gasteiger partial charge in [-0.1, -0.05) is 6.92 Å². The highest BCUT2D eigenvalue weighted by molar-refractivity contribution is 7.89. The third kappa shape index (κ3) is 5.93. The van der Waals surface area contributed by atoms with Crippen molar-refractivity contribution >= 4 is 15.9 Å². The zero-order chi connectivity index (χ0) is 11.4. The lowest BCUT2D eigenvalue weighted by molar-refractivity contribution is -0.119. The second kappa shape index (κ2) is 4.75. The van der Waals surface area contributed by atoms with Crippen molar-refractivity contribution in [3.63, 3.8) is 0 Å². The van der Waals surface area contributed by atoms with Gasteiger partial charge in [0.2, 0.25) is 15.9 Å². The molecule has 0 aliphatic heterocycles. The Morgan fingerprint density at radius 1 is 1.43 bits per heavy atom. The summed E-state index contributed by atoms with van der Waals surface area (Å²) >= 11 is 0. The van der Waals surface area contributed by atoms with Gasteiger partial charge in [-0.3, -0.25) is 4.79 Å². The van der Waals surface area contributed by atoms with Crippen LogP contribution in [0.5, 0.6) is 0 Å². The summed E-state index contributed by atoms with van der Waals surface area (Å²) in [6.07, 6.45) is 0.540. The van der Waals surface area contributed by atoms with Gasteiger partial charge in [0.15, 0.2) is 0 Å². The number of carbonyl (C=O) groups is 1. The van der Waals surface area contributed by atoms with Crippen molar-refractivity contribution in [2.45, 2.75) is 39.2 Å². The van der Waals surface area contributed by atoms with E-state index in [9.17, 15) is 13.2 Å². The number of sulfonamides is 1. The molecule has 0 saturated heterocycles. The topological polar surface area (TPSA) is 89.3 Å². The second-order valence-corrected chi connectivity index (χ2v) is 5.79. The van der Waals surface area contributed by atoms with Crippen LogP contribution in [0.1, 0.15) is 33.6 Å². The largest absolute Gasteiger partial charge is 0.370 e. The van der Waals surface area contributed by atoms with Crippen molar-refractivity contribution in [1.29, 1.82) is 0 Å². The molecule has 0 aromatic heterocycles. The Labute approximate surface area is 85.1 Å². The van der Waals surface area contributed by atoms with Crippen LogP contribution in [0.2, 0.25) is 0 Å². The maximum absolute atomic E-state index is 11.4. The van der Waals surface area contributed by atoms with Gasteiger partial charge in [-0.2, -0.15) is 0 Å². The van der Waals surface area contributed by atoms with Crippen molar-refractivity contribution in [3.8, 4) is 0 Å². The Balaban J connectivity index is 4.42. The minimum absolute atomic E-state index is 0.00402. The van der Waals surface area contributed by atoms with E-state index < -0.39 is 21.5 Å². The smallest absolute Gasteiger partial charge is 0.219 e. The van der Waals surface area contributed by atoms with Crippen LogP contribution in [0.4, 0.5) is 0 Å². The van der Waals surface area contributed by atoms with E-state index in [1.54, 1.807) is 20.8 Å². The molecule has 0 spiro atoms. The van der Waals surface area contributed by atoms with Crippen LogP contribution in [-0.4, -0.2) is 25.6 Å². The molecule has 84 valence electrons. The minimum Gasteiger partial charge on any atom is -0.370 e. The first-order chi connectivity index (χ1) is 6.18. The van der Waals surface area contributed by atoms with E-state index >= 15 is 0 Å². The van der Waals surface area contributed by atoms with Crippen molar-refractivity contribution in [1.82, 2.24) is 4.72 Å². The lowest BCUT2D eigenvalue weighted by Gasteiger charge is -2.24. The van der Waals surface area contributed by atoms with Gasteiger partial charge in [-0.05, 0) is 20.3 Å². The molecular formula is C8H18N2O3S. The fourth-order valence-electron chi connectivity index (χ4n) is 1.21. The Bertz CT molecular complexity index is 296. The Hall–Kier alpha value is -0.620. The number of amides is 1. The predicted octanol–water partition coefficient (Wildman–Crippen LogP) is -0.0302. The molecule has 0 bridgehead atoms. The number of hydrogen-bond donors (Lipinski definition) is 2. The molecule has 1 amide bonds. The van der Waals surface area contributed by atoms with Gasteiger partial charge in [0.05, 0.1) is 5.75 Å². The van der Waals surface area contributed by atoms with Crippen molar-refractivity contribution in [2.75, 3.05) is 5.75 Å². The summed E-state index contributed by atoms with van der Waals surface area (Å²) in [6, 6.07) is 0. The molecule has 0 rings (SSSR count). The highest BCUT2D eigenvalue weighted by Crippen LogP contribution is 2.09. The SMILES string of the molecule is CCCS(=O)(=O)NC(C)(C)CC(N)=O. The van der Waals surface area contributed by atoms with E-state index in [0.29, 0.717) is 6.42 Å². The number of rotatable bonds is 6. The van der Waals surface area contributed by atoms with Crippen LogP contribution < -0.4 is 10.5 Å². The molecule has 5 nitrogen and oxygen atoms in total. The molecule has 0 aromatic carbocycles. The fourth-order valence-corrected chi connectivity index (χ4v) is 2.77. The van der Waals surface area contributed by atoms with Crippen molar-refractivity contribution in [3.05, 3.63) is 0 Å². The molecule has 0 fully saturated rings. The van der Waals surface area contributed by atoms with E-state index in [-0.39, 0.29) is 12.2 Å². The number of nitrogens with one attached hydrogen (secondary N) is 1. The molecule has 0 radical (unpaired) electrons. The summed E-state index contributed by atoms with van der Waals surface area (Å²) in [6.45, 7) is 5.04. The molecule has 0 aliphatic rings. The number of carbonyl (C=O) groups excluding carboxylic acids is 1. The summed E-state index contributed by atoms with van der Waals surface area (Å²) < 4.78 is 25.2. The van der Waals surface area contributed by atoms with E-state index in [1.165, 1.54) is 0 Å². The number of primary amides is 1. The monoisotopic (exact) mass is 222 g/mol. The number of nitrogens with two attached hydrogens (primary N) is 1. The van der Waals surface area contributed by atoms with Gasteiger partial charge in [0.25, 0.3) is 0 Å². The molecule has 3 N–H and O–H groups in total. The van der Waals surface area contributed by atoms with Gasteiger partial charge in [0, 0.05) is 12.0 Å². The molecule has 0 aromatic rings. The predicted molar refractivity (Wildman–Crippen MR) is 55.1 cm³/mol. The average molecular weight is 222 g/mol. The molecule has 0 atom stereocenters. The van der Waals surface area contributed by atoms with E-state index in [4.69, 9.17) is 5.73 Å². The van der Waals surface area contributed by atoms with Crippen LogP contribution in [-0.2, 0) is 14.8 Å². The number of hydrogen-bond acceptors (Lipinski definition) is 3. The first kappa shape index (κ1) is 13.4. The molecule has 0 unspecified atom stereocenters. The van der Waals surface area contributed by atoms with Gasteiger partial charge >= 0.3 is 0 Å². The highest BCUT2D eigenvalue weighted by Gasteiger charge is 2.25. The quantitative estimate of drug-likeness (QED) is 0.661. The van der Waals surface area contributed by atoms with E-state index in [1.807, 2.05) is 0 Å². The zero-order valence-electron chi connectivity index (χ0n) is 8.83. The third-order valence-electron chi connectivity index (χ3n) is 1.52. The summed E-state index contributed by atoms with van der Waals surface area (Å²) in [5.41, 5.74) is 4.19. The van der Waals surface area contributed by atoms with Crippen molar-refractivity contribution in [2.24, 2.45) is 5.73 Å². The average Bonchev–Trinajstić information content (AvgIpc) is 1.78. The van der Waals surface area contributed by atoms with Crippen LogP contribution >= 0.6 is 0 Å². The van der Waals surface area contributed by atoms with E-state index in [2.05, 4.69) is 4.72 Å². The molecule has 0 saturated carbocycles. The third-order valence-corrected chi connectivity index (χ3v) is 3.33. The van der Waals surface area contributed by atoms with Gasteiger partial charge in [-0.25, -0.2) is 13.1 Å². The van der Waals surface area contributed by atoms with Crippen LogP contribution in [0, 0.1) is 0 Å². The normalized spacial score (nSPS) is 12.8. The van der Waals surface area contributed by atoms with Crippen LogP contribution in [0.15, 0.2) is 0 Å². The van der Waals surface area contributed by atoms with Gasteiger partial charge in [-0.15, -0.1) is 0 Å². The maximum atomic E-state index is 11.4. The Morgan fingerprint density at radius 2 is 1.93 bits per heavy atom. The van der Waals surface area contributed by atoms with Gasteiger partial charge in [0.1, 0.15) is 0 Å². The van der Waals surface area contributed by atoms with Gasteiger partial charge < -0.3 is 5.73 Å². The molecular weight excluding hydrogens is 204 g/mol. The molecule has 0 aliphatic carbocycles. The fraction of sp³-hybridized carbons (Fsp3) is 0.875. The molecule has 14 heavy (non-hydrogen) atoms. The Kier molecular flexibility index (Phi) is 4.54. The minimum atomic E-state index is -3.29. The standard InChI is InChI=1S/C8H18N2O3S/c1-4-5-14(12,13)10-8(2,3)6-7(9)11/h10H,4-6H2,1-3H3,(H2,9,11). The zero-order valence-corrected chi connectivity index (χ0v) is 9.65. The first-order valence-electron chi connectivity index (χ1n) is 4.48. The van der Waals surface area contributed by atoms with Crippen molar-refractivity contribution < 1.29 is 13.2 Å². The highest BCUT2D eigenvalue weighted by atomic mass is 32.2. The molecule has 6 heteroatoms. The van der Waals surface area contributed by atoms with Crippen LogP contribution in [0.3, 0.4) is 0 Å². The van der Waals surface area contributed by atoms with Crippen LogP contribution in [0.25, 0.3) is 0 Å². The summed E-state index contributed by atoms with van der Waals surface area (Å²) in [5, 5.41) is 0. The lowest BCUT2D eigenvalue weighted by atomic mass is 10.0.